The van der Waals surface area contributed by atoms with Gasteiger partial charge >= 0.3 is 11.9 Å². The van der Waals surface area contributed by atoms with Crippen LogP contribution < -0.4 is 11.1 Å². The predicted molar refractivity (Wildman–Crippen MR) is 74.3 cm³/mol. The third kappa shape index (κ3) is 5.68. The standard InChI is InChI=1S/C13H22N2O7/c1-5-22-6-8(16)15-10(11(14)17)7(2)9(12(18)20-3)13(19)21-4/h7,9-10H,5-6H2,1-4H3,(H2,14,17)(H,15,16)/t7-,10+/m0/s1. The molecule has 0 aromatic carbocycles. The van der Waals surface area contributed by atoms with Gasteiger partial charge in [0, 0.05) is 12.5 Å². The average molecular weight is 318 g/mol. The lowest BCUT2D eigenvalue weighted by Gasteiger charge is -2.26. The molecule has 0 aromatic rings. The molecular weight excluding hydrogens is 296 g/mol. The quantitative estimate of drug-likeness (QED) is 0.394. The van der Waals surface area contributed by atoms with Gasteiger partial charge in [-0.05, 0) is 6.92 Å². The Morgan fingerprint density at radius 1 is 1.09 bits per heavy atom. The zero-order chi connectivity index (χ0) is 17.3. The van der Waals surface area contributed by atoms with Crippen LogP contribution in [-0.2, 0) is 33.4 Å². The van der Waals surface area contributed by atoms with E-state index in [2.05, 4.69) is 14.8 Å². The van der Waals surface area contributed by atoms with Crippen molar-refractivity contribution in [3.05, 3.63) is 0 Å². The fraction of sp³-hybridized carbons (Fsp3) is 0.692. The van der Waals surface area contributed by atoms with Crippen LogP contribution in [0.5, 0.6) is 0 Å². The van der Waals surface area contributed by atoms with Crippen molar-refractivity contribution in [3.63, 3.8) is 0 Å². The van der Waals surface area contributed by atoms with Crippen LogP contribution >= 0.6 is 0 Å². The van der Waals surface area contributed by atoms with Gasteiger partial charge in [-0.2, -0.15) is 0 Å². The Bertz CT molecular complexity index is 409. The lowest BCUT2D eigenvalue weighted by atomic mass is 9.87. The Hall–Kier alpha value is -2.16. The van der Waals surface area contributed by atoms with Gasteiger partial charge in [0.05, 0.1) is 14.2 Å². The summed E-state index contributed by atoms with van der Waals surface area (Å²) in [5.41, 5.74) is 5.24. The van der Waals surface area contributed by atoms with E-state index in [-0.39, 0.29) is 6.61 Å². The smallest absolute Gasteiger partial charge is 0.320 e. The minimum absolute atomic E-state index is 0.270. The molecule has 0 aromatic heterocycles. The Morgan fingerprint density at radius 2 is 1.59 bits per heavy atom. The Labute approximate surface area is 128 Å². The molecular formula is C13H22N2O7. The number of methoxy groups -OCH3 is 2. The highest BCUT2D eigenvalue weighted by molar-refractivity contribution is 5.97. The van der Waals surface area contributed by atoms with E-state index in [0.717, 1.165) is 14.2 Å². The Morgan fingerprint density at radius 3 is 1.95 bits per heavy atom. The molecule has 0 unspecified atom stereocenters. The number of carbonyl (C=O) groups is 4. The van der Waals surface area contributed by atoms with Crippen molar-refractivity contribution in [1.82, 2.24) is 5.32 Å². The van der Waals surface area contributed by atoms with Crippen molar-refractivity contribution in [2.45, 2.75) is 19.9 Å². The molecule has 9 heteroatoms. The molecule has 126 valence electrons. The number of nitrogens with two attached hydrogens (primary N) is 1. The fourth-order valence-corrected chi connectivity index (χ4v) is 1.84. The van der Waals surface area contributed by atoms with Crippen LogP contribution in [0.15, 0.2) is 0 Å². The lowest BCUT2D eigenvalue weighted by Crippen LogP contribution is -2.53. The zero-order valence-corrected chi connectivity index (χ0v) is 13.1. The summed E-state index contributed by atoms with van der Waals surface area (Å²) < 4.78 is 14.0. The van der Waals surface area contributed by atoms with Crippen molar-refractivity contribution in [1.29, 1.82) is 0 Å². The molecule has 0 aliphatic rings. The molecule has 0 bridgehead atoms. The van der Waals surface area contributed by atoms with Crippen molar-refractivity contribution in [3.8, 4) is 0 Å². The normalized spacial score (nSPS) is 13.1. The van der Waals surface area contributed by atoms with Crippen LogP contribution in [0.25, 0.3) is 0 Å². The average Bonchev–Trinajstić information content (AvgIpc) is 2.49. The van der Waals surface area contributed by atoms with E-state index < -0.39 is 41.6 Å². The maximum atomic E-state index is 11.7. The monoisotopic (exact) mass is 318 g/mol. The maximum Gasteiger partial charge on any atom is 0.320 e. The molecule has 9 nitrogen and oxygen atoms in total. The van der Waals surface area contributed by atoms with Gasteiger partial charge in [-0.25, -0.2) is 0 Å². The second kappa shape index (κ2) is 9.72. The van der Waals surface area contributed by atoms with Crippen LogP contribution in [0.4, 0.5) is 0 Å². The molecule has 0 aliphatic heterocycles. The van der Waals surface area contributed by atoms with Crippen molar-refractivity contribution >= 4 is 23.8 Å². The summed E-state index contributed by atoms with van der Waals surface area (Å²) >= 11 is 0. The van der Waals surface area contributed by atoms with Crippen molar-refractivity contribution in [2.24, 2.45) is 17.6 Å². The highest BCUT2D eigenvalue weighted by Crippen LogP contribution is 2.19. The molecule has 0 saturated carbocycles. The van der Waals surface area contributed by atoms with E-state index in [1.165, 1.54) is 6.92 Å². The van der Waals surface area contributed by atoms with Crippen LogP contribution in [-0.4, -0.2) is 57.2 Å². The molecule has 22 heavy (non-hydrogen) atoms. The predicted octanol–water partition coefficient (Wildman–Crippen LogP) is -1.41. The number of hydrogen-bond acceptors (Lipinski definition) is 7. The lowest BCUT2D eigenvalue weighted by molar-refractivity contribution is -0.162. The molecule has 0 fully saturated rings. The molecule has 0 saturated heterocycles. The number of hydrogen-bond donors (Lipinski definition) is 2. The molecule has 3 N–H and O–H groups in total. The highest BCUT2D eigenvalue weighted by Gasteiger charge is 2.41. The van der Waals surface area contributed by atoms with Gasteiger partial charge in [-0.15, -0.1) is 0 Å². The first kappa shape index (κ1) is 19.8. The Balaban J connectivity index is 5.19. The van der Waals surface area contributed by atoms with E-state index in [1.807, 2.05) is 0 Å². The number of rotatable bonds is 9. The fourth-order valence-electron chi connectivity index (χ4n) is 1.84. The number of carbonyl (C=O) groups excluding carboxylic acids is 4. The molecule has 0 radical (unpaired) electrons. The first-order chi connectivity index (χ1) is 10.3. The van der Waals surface area contributed by atoms with Crippen LogP contribution in [0, 0.1) is 11.8 Å². The van der Waals surface area contributed by atoms with Crippen LogP contribution in [0.2, 0.25) is 0 Å². The van der Waals surface area contributed by atoms with E-state index in [0.29, 0.717) is 6.61 Å². The largest absolute Gasteiger partial charge is 0.468 e. The second-order valence-electron chi connectivity index (χ2n) is 4.47. The minimum Gasteiger partial charge on any atom is -0.468 e. The summed E-state index contributed by atoms with van der Waals surface area (Å²) in [4.78, 5) is 46.6. The van der Waals surface area contributed by atoms with Gasteiger partial charge in [0.25, 0.3) is 0 Å². The summed E-state index contributed by atoms with van der Waals surface area (Å²) in [6, 6.07) is -1.25. The van der Waals surface area contributed by atoms with Gasteiger partial charge in [-0.1, -0.05) is 6.92 Å². The number of esters is 2. The molecule has 2 atom stereocenters. The maximum absolute atomic E-state index is 11.7. The van der Waals surface area contributed by atoms with E-state index in [1.54, 1.807) is 6.92 Å². The van der Waals surface area contributed by atoms with Crippen LogP contribution in [0.1, 0.15) is 13.8 Å². The number of ether oxygens (including phenoxy) is 3. The highest BCUT2D eigenvalue weighted by atomic mass is 16.5. The van der Waals surface area contributed by atoms with E-state index in [4.69, 9.17) is 10.5 Å². The van der Waals surface area contributed by atoms with Gasteiger partial charge < -0.3 is 25.3 Å². The minimum atomic E-state index is -1.39. The van der Waals surface area contributed by atoms with Gasteiger partial charge in [0.1, 0.15) is 12.6 Å². The van der Waals surface area contributed by atoms with E-state index >= 15 is 0 Å². The third-order valence-electron chi connectivity index (χ3n) is 3.02. The summed E-state index contributed by atoms with van der Waals surface area (Å²) in [5, 5.41) is 2.34. The van der Waals surface area contributed by atoms with Crippen LogP contribution in [0.3, 0.4) is 0 Å². The molecule has 0 rings (SSSR count). The SMILES string of the molecule is CCOCC(=O)N[C@@H](C(N)=O)[C@@H](C)C(C(=O)OC)C(=O)OC. The van der Waals surface area contributed by atoms with Gasteiger partial charge in [0.15, 0.2) is 5.92 Å². The zero-order valence-electron chi connectivity index (χ0n) is 13.1. The molecule has 0 heterocycles. The van der Waals surface area contributed by atoms with Crippen molar-refractivity contribution < 1.29 is 33.4 Å². The molecule has 0 spiro atoms. The summed E-state index contributed by atoms with van der Waals surface area (Å²) in [5.74, 6) is -5.60. The van der Waals surface area contributed by atoms with Crippen molar-refractivity contribution in [2.75, 3.05) is 27.4 Å². The summed E-state index contributed by atoms with van der Waals surface area (Å²) in [7, 11) is 2.19. The van der Waals surface area contributed by atoms with Gasteiger partial charge in [-0.3, -0.25) is 19.2 Å². The summed E-state index contributed by atoms with van der Waals surface area (Å²) in [6.45, 7) is 3.16. The topological polar surface area (TPSA) is 134 Å². The Kier molecular flexibility index (Phi) is 8.76. The first-order valence-electron chi connectivity index (χ1n) is 6.62. The third-order valence-corrected chi connectivity index (χ3v) is 3.02. The number of amides is 2. The molecule has 0 aliphatic carbocycles. The molecule has 2 amide bonds. The number of primary amides is 1. The first-order valence-corrected chi connectivity index (χ1v) is 6.62. The van der Waals surface area contributed by atoms with Gasteiger partial charge in [0.2, 0.25) is 11.8 Å². The summed E-state index contributed by atoms with van der Waals surface area (Å²) in [6.07, 6.45) is 0. The number of nitrogens with one attached hydrogen (secondary N) is 1. The van der Waals surface area contributed by atoms with E-state index in [9.17, 15) is 19.2 Å². The second-order valence-corrected chi connectivity index (χ2v) is 4.47.